The van der Waals surface area contributed by atoms with E-state index in [1.54, 1.807) is 17.0 Å². The molecule has 1 N–H and O–H groups in total. The summed E-state index contributed by atoms with van der Waals surface area (Å²) in [5.74, 6) is 0.175. The highest BCUT2D eigenvalue weighted by molar-refractivity contribution is 5.05. The van der Waals surface area contributed by atoms with E-state index in [-0.39, 0.29) is 17.5 Å². The summed E-state index contributed by atoms with van der Waals surface area (Å²) in [6.07, 6.45) is 3.26. The van der Waals surface area contributed by atoms with E-state index in [0.29, 0.717) is 13.2 Å². The summed E-state index contributed by atoms with van der Waals surface area (Å²) in [4.78, 5) is 15.8. The highest BCUT2D eigenvalue weighted by atomic mass is 16.5. The van der Waals surface area contributed by atoms with Gasteiger partial charge in [-0.15, -0.1) is 0 Å². The number of aromatic nitrogens is 2. The topological polar surface area (TPSA) is 56.1 Å². The summed E-state index contributed by atoms with van der Waals surface area (Å²) in [5.41, 5.74) is -0.172. The van der Waals surface area contributed by atoms with Crippen LogP contribution in [0.15, 0.2) is 17.2 Å². The zero-order chi connectivity index (χ0) is 12.0. The molecule has 5 heteroatoms. The first-order valence-corrected chi connectivity index (χ1v) is 5.57. The molecule has 1 aromatic heterocycles. The van der Waals surface area contributed by atoms with Crippen molar-refractivity contribution in [3.05, 3.63) is 22.7 Å². The maximum atomic E-state index is 11.8. The summed E-state index contributed by atoms with van der Waals surface area (Å²) in [5, 5.41) is 3.11. The molecule has 0 amide bonds. The Balaban J connectivity index is 2.66. The van der Waals surface area contributed by atoms with Gasteiger partial charge in [0.05, 0.1) is 0 Å². The molecule has 0 aliphatic rings. The van der Waals surface area contributed by atoms with Crippen LogP contribution >= 0.6 is 0 Å². The standard InChI is InChI=1S/C11H19N3O2/c1-4-12-6-8-16-10-11(15)14(9(2)3)7-5-13-10/h5,7,9,12H,4,6,8H2,1-3H3. The average molecular weight is 225 g/mol. The second-order valence-corrected chi connectivity index (χ2v) is 3.74. The first kappa shape index (κ1) is 12.7. The van der Waals surface area contributed by atoms with Gasteiger partial charge in [0.2, 0.25) is 0 Å². The van der Waals surface area contributed by atoms with Crippen molar-refractivity contribution in [3.8, 4) is 5.88 Å². The molecule has 0 atom stereocenters. The van der Waals surface area contributed by atoms with Crippen molar-refractivity contribution < 1.29 is 4.74 Å². The molecule has 0 spiro atoms. The van der Waals surface area contributed by atoms with E-state index in [0.717, 1.165) is 6.54 Å². The van der Waals surface area contributed by atoms with Gasteiger partial charge in [-0.05, 0) is 20.4 Å². The van der Waals surface area contributed by atoms with Crippen LogP contribution in [0.25, 0.3) is 0 Å². The molecule has 0 saturated heterocycles. The van der Waals surface area contributed by atoms with Crippen LogP contribution in [-0.2, 0) is 0 Å². The van der Waals surface area contributed by atoms with Crippen molar-refractivity contribution in [2.75, 3.05) is 19.7 Å². The van der Waals surface area contributed by atoms with E-state index < -0.39 is 0 Å². The highest BCUT2D eigenvalue weighted by Crippen LogP contribution is 2.02. The molecule has 0 aliphatic carbocycles. The van der Waals surface area contributed by atoms with Crippen molar-refractivity contribution in [2.24, 2.45) is 0 Å². The van der Waals surface area contributed by atoms with Crippen LogP contribution in [0, 0.1) is 0 Å². The van der Waals surface area contributed by atoms with Crippen LogP contribution in [0.5, 0.6) is 5.88 Å². The highest BCUT2D eigenvalue weighted by Gasteiger charge is 2.07. The quantitative estimate of drug-likeness (QED) is 0.728. The average Bonchev–Trinajstić information content (AvgIpc) is 2.26. The van der Waals surface area contributed by atoms with Gasteiger partial charge >= 0.3 is 5.56 Å². The predicted octanol–water partition coefficient (Wildman–Crippen LogP) is 0.812. The van der Waals surface area contributed by atoms with Gasteiger partial charge < -0.3 is 14.6 Å². The summed E-state index contributed by atoms with van der Waals surface area (Å²) in [6.45, 7) is 7.98. The minimum absolute atomic E-state index is 0.117. The Hall–Kier alpha value is -1.36. The first-order valence-electron chi connectivity index (χ1n) is 5.57. The minimum atomic E-state index is -0.172. The van der Waals surface area contributed by atoms with Crippen LogP contribution in [0.3, 0.4) is 0 Å². The fourth-order valence-electron chi connectivity index (χ4n) is 1.31. The van der Waals surface area contributed by atoms with Crippen LogP contribution in [0.2, 0.25) is 0 Å². The molecule has 0 bridgehead atoms. The van der Waals surface area contributed by atoms with Gasteiger partial charge in [0, 0.05) is 25.0 Å². The molecule has 0 fully saturated rings. The summed E-state index contributed by atoms with van der Waals surface area (Å²) in [7, 11) is 0. The monoisotopic (exact) mass is 225 g/mol. The predicted molar refractivity (Wildman–Crippen MR) is 62.9 cm³/mol. The first-order chi connectivity index (χ1) is 7.66. The SMILES string of the molecule is CCNCCOc1nccn(C(C)C)c1=O. The van der Waals surface area contributed by atoms with Crippen molar-refractivity contribution in [3.63, 3.8) is 0 Å². The smallest absolute Gasteiger partial charge is 0.313 e. The van der Waals surface area contributed by atoms with Crippen LogP contribution < -0.4 is 15.6 Å². The Morgan fingerprint density at radius 3 is 2.94 bits per heavy atom. The van der Waals surface area contributed by atoms with Gasteiger partial charge in [-0.3, -0.25) is 4.79 Å². The largest absolute Gasteiger partial charge is 0.472 e. The zero-order valence-corrected chi connectivity index (χ0v) is 10.1. The van der Waals surface area contributed by atoms with E-state index in [9.17, 15) is 4.79 Å². The molecule has 1 rings (SSSR count). The van der Waals surface area contributed by atoms with Crippen molar-refractivity contribution in [1.29, 1.82) is 0 Å². The van der Waals surface area contributed by atoms with Crippen molar-refractivity contribution in [1.82, 2.24) is 14.9 Å². The number of ether oxygens (including phenoxy) is 1. The Labute approximate surface area is 95.5 Å². The minimum Gasteiger partial charge on any atom is -0.472 e. The Morgan fingerprint density at radius 2 is 2.31 bits per heavy atom. The summed E-state index contributed by atoms with van der Waals surface area (Å²) < 4.78 is 6.93. The van der Waals surface area contributed by atoms with Crippen LogP contribution in [-0.4, -0.2) is 29.2 Å². The van der Waals surface area contributed by atoms with Crippen molar-refractivity contribution in [2.45, 2.75) is 26.8 Å². The molecule has 0 saturated carbocycles. The molecule has 1 aromatic rings. The lowest BCUT2D eigenvalue weighted by Crippen LogP contribution is -2.27. The number of rotatable bonds is 6. The van der Waals surface area contributed by atoms with Gasteiger partial charge in [0.1, 0.15) is 6.61 Å². The molecule has 90 valence electrons. The van der Waals surface area contributed by atoms with Gasteiger partial charge in [-0.25, -0.2) is 4.98 Å². The van der Waals surface area contributed by atoms with Gasteiger partial charge in [-0.1, -0.05) is 6.92 Å². The number of hydrogen-bond donors (Lipinski definition) is 1. The Bertz CT molecular complexity index is 374. The number of hydrogen-bond acceptors (Lipinski definition) is 4. The molecule has 0 unspecified atom stereocenters. The zero-order valence-electron chi connectivity index (χ0n) is 10.1. The van der Waals surface area contributed by atoms with Gasteiger partial charge in [-0.2, -0.15) is 0 Å². The lowest BCUT2D eigenvalue weighted by molar-refractivity contribution is 0.294. The van der Waals surface area contributed by atoms with E-state index >= 15 is 0 Å². The maximum Gasteiger partial charge on any atom is 0.313 e. The third kappa shape index (κ3) is 3.34. The fraction of sp³-hybridized carbons (Fsp3) is 0.636. The lowest BCUT2D eigenvalue weighted by atomic mass is 10.4. The lowest BCUT2D eigenvalue weighted by Gasteiger charge is -2.11. The van der Waals surface area contributed by atoms with E-state index in [4.69, 9.17) is 4.74 Å². The number of likely N-dealkylation sites (N-methyl/N-ethyl adjacent to an activating group) is 1. The second-order valence-electron chi connectivity index (χ2n) is 3.74. The fourth-order valence-corrected chi connectivity index (χ4v) is 1.31. The Kier molecular flexibility index (Phi) is 4.98. The van der Waals surface area contributed by atoms with E-state index in [1.807, 2.05) is 20.8 Å². The molecule has 0 aromatic carbocycles. The molecule has 5 nitrogen and oxygen atoms in total. The molecule has 0 radical (unpaired) electrons. The maximum absolute atomic E-state index is 11.8. The van der Waals surface area contributed by atoms with E-state index in [1.165, 1.54) is 0 Å². The third-order valence-electron chi connectivity index (χ3n) is 2.16. The normalized spacial score (nSPS) is 10.8. The second kappa shape index (κ2) is 6.27. The van der Waals surface area contributed by atoms with Crippen LogP contribution in [0.1, 0.15) is 26.8 Å². The third-order valence-corrected chi connectivity index (χ3v) is 2.16. The van der Waals surface area contributed by atoms with E-state index in [2.05, 4.69) is 10.3 Å². The number of nitrogens with zero attached hydrogens (tertiary/aromatic N) is 2. The summed E-state index contributed by atoms with van der Waals surface area (Å²) in [6, 6.07) is 0.117. The van der Waals surface area contributed by atoms with Gasteiger partial charge in [0.15, 0.2) is 0 Å². The number of nitrogens with one attached hydrogen (secondary N) is 1. The Morgan fingerprint density at radius 1 is 1.56 bits per heavy atom. The molecule has 16 heavy (non-hydrogen) atoms. The molecular formula is C11H19N3O2. The van der Waals surface area contributed by atoms with Crippen LogP contribution in [0.4, 0.5) is 0 Å². The molecule has 0 aliphatic heterocycles. The summed E-state index contributed by atoms with van der Waals surface area (Å²) >= 11 is 0. The molecular weight excluding hydrogens is 206 g/mol. The molecule has 1 heterocycles. The van der Waals surface area contributed by atoms with Crippen molar-refractivity contribution >= 4 is 0 Å². The van der Waals surface area contributed by atoms with Gasteiger partial charge in [0.25, 0.3) is 5.88 Å².